The van der Waals surface area contributed by atoms with E-state index in [0.717, 1.165) is 37.3 Å². The van der Waals surface area contributed by atoms with Crippen LogP contribution in [-0.4, -0.2) is 49.6 Å². The summed E-state index contributed by atoms with van der Waals surface area (Å²) in [4.78, 5) is 27.2. The number of piperidine rings is 1. The molecule has 186 valence electrons. The van der Waals surface area contributed by atoms with E-state index in [2.05, 4.69) is 65.6 Å². The van der Waals surface area contributed by atoms with Crippen LogP contribution in [0.25, 0.3) is 5.78 Å². The predicted octanol–water partition coefficient (Wildman–Crippen LogP) is 4.94. The summed E-state index contributed by atoms with van der Waals surface area (Å²) in [6.45, 7) is 8.31. The van der Waals surface area contributed by atoms with Gasteiger partial charge in [0.05, 0.1) is 5.56 Å². The molecule has 9 nitrogen and oxygen atoms in total. The first-order valence-electron chi connectivity index (χ1n) is 12.2. The lowest BCUT2D eigenvalue weighted by molar-refractivity contribution is 0.0697. The molecule has 9 heteroatoms. The van der Waals surface area contributed by atoms with E-state index in [1.54, 1.807) is 41.1 Å². The lowest BCUT2D eigenvalue weighted by Crippen LogP contribution is -2.43. The van der Waals surface area contributed by atoms with Crippen molar-refractivity contribution in [3.05, 3.63) is 72.1 Å². The van der Waals surface area contributed by atoms with Crippen molar-refractivity contribution < 1.29 is 9.90 Å². The van der Waals surface area contributed by atoms with Crippen molar-refractivity contribution in [1.29, 1.82) is 0 Å². The molecule has 2 aromatic heterocycles. The monoisotopic (exact) mass is 485 g/mol. The maximum absolute atomic E-state index is 11.2. The van der Waals surface area contributed by atoms with Gasteiger partial charge in [0.15, 0.2) is 0 Å². The van der Waals surface area contributed by atoms with Crippen LogP contribution in [0.3, 0.4) is 0 Å². The number of nitrogens with one attached hydrogen (secondary N) is 2. The summed E-state index contributed by atoms with van der Waals surface area (Å²) in [5.41, 5.74) is 3.53. The Bertz CT molecular complexity index is 1360. The zero-order valence-corrected chi connectivity index (χ0v) is 20.8. The maximum atomic E-state index is 11.2. The van der Waals surface area contributed by atoms with Gasteiger partial charge < -0.3 is 20.6 Å². The third kappa shape index (κ3) is 5.10. The predicted molar refractivity (Wildman–Crippen MR) is 141 cm³/mol. The molecule has 0 bridgehead atoms. The summed E-state index contributed by atoms with van der Waals surface area (Å²) in [6.07, 6.45) is 5.59. The Labute approximate surface area is 210 Å². The first-order chi connectivity index (χ1) is 17.3. The molecule has 0 spiro atoms. The second kappa shape index (κ2) is 9.49. The first-order valence-corrected chi connectivity index (χ1v) is 12.2. The Balaban J connectivity index is 1.34. The van der Waals surface area contributed by atoms with Gasteiger partial charge >= 0.3 is 5.97 Å². The van der Waals surface area contributed by atoms with E-state index in [1.165, 1.54) is 5.56 Å². The van der Waals surface area contributed by atoms with Gasteiger partial charge in [-0.3, -0.25) is 4.40 Å². The number of aromatic carboxylic acids is 1. The third-order valence-corrected chi connectivity index (χ3v) is 6.47. The van der Waals surface area contributed by atoms with Gasteiger partial charge in [-0.15, -0.1) is 0 Å². The largest absolute Gasteiger partial charge is 0.478 e. The van der Waals surface area contributed by atoms with Crippen molar-refractivity contribution in [1.82, 2.24) is 19.4 Å². The molecule has 0 amide bonds. The Morgan fingerprint density at radius 2 is 1.75 bits per heavy atom. The van der Waals surface area contributed by atoms with Gasteiger partial charge in [0.2, 0.25) is 17.7 Å². The van der Waals surface area contributed by atoms with Crippen LogP contribution < -0.4 is 15.5 Å². The van der Waals surface area contributed by atoms with E-state index in [1.807, 2.05) is 0 Å². The van der Waals surface area contributed by atoms with Crippen molar-refractivity contribution in [2.75, 3.05) is 28.6 Å². The van der Waals surface area contributed by atoms with Crippen molar-refractivity contribution in [2.45, 2.75) is 45.1 Å². The molecule has 0 aliphatic carbocycles. The van der Waals surface area contributed by atoms with E-state index in [0.29, 0.717) is 17.7 Å². The molecule has 5 rings (SSSR count). The van der Waals surface area contributed by atoms with Crippen molar-refractivity contribution in [3.63, 3.8) is 0 Å². The van der Waals surface area contributed by atoms with E-state index in [4.69, 9.17) is 15.1 Å². The van der Waals surface area contributed by atoms with Gasteiger partial charge in [-0.1, -0.05) is 32.9 Å². The highest BCUT2D eigenvalue weighted by Gasteiger charge is 2.23. The molecule has 0 radical (unpaired) electrons. The normalized spacial score (nSPS) is 16.2. The van der Waals surface area contributed by atoms with Crippen LogP contribution in [0.5, 0.6) is 0 Å². The molecule has 1 aliphatic rings. The average molecular weight is 486 g/mol. The first kappa shape index (κ1) is 23.6. The number of carbonyl (C=O) groups is 1. The molecule has 1 aliphatic heterocycles. The van der Waals surface area contributed by atoms with E-state index >= 15 is 0 Å². The molecule has 2 aromatic carbocycles. The molecular weight excluding hydrogens is 454 g/mol. The number of fused-ring (bicyclic) bond motifs is 1. The standard InChI is InChI=1S/C27H31N7O2/c1-27(2,3)19-8-12-20(13-9-19)29-22-5-4-15-33(17-22)25-31-24-28-14-16-34(24)26(32-25)30-21-10-6-18(7-11-21)23(35)36/h6-14,16,22,29H,4-5,15,17H2,1-3H3,(H,35,36)(H,28,30,31,32). The molecule has 1 saturated heterocycles. The Morgan fingerprint density at radius 3 is 2.44 bits per heavy atom. The van der Waals surface area contributed by atoms with Crippen LogP contribution in [0, 0.1) is 0 Å². The number of benzene rings is 2. The van der Waals surface area contributed by atoms with Crippen LogP contribution in [0.4, 0.5) is 23.3 Å². The summed E-state index contributed by atoms with van der Waals surface area (Å²) in [5.74, 6) is 0.787. The number of hydrogen-bond acceptors (Lipinski definition) is 7. The number of carboxylic acids is 1. The summed E-state index contributed by atoms with van der Waals surface area (Å²) in [7, 11) is 0. The molecule has 36 heavy (non-hydrogen) atoms. The summed E-state index contributed by atoms with van der Waals surface area (Å²) in [6, 6.07) is 15.5. The number of hydrogen-bond donors (Lipinski definition) is 3. The number of imidazole rings is 1. The van der Waals surface area contributed by atoms with Crippen molar-refractivity contribution >= 4 is 35.0 Å². The minimum Gasteiger partial charge on any atom is -0.478 e. The summed E-state index contributed by atoms with van der Waals surface area (Å²) < 4.78 is 1.78. The van der Waals surface area contributed by atoms with Crippen LogP contribution in [0.2, 0.25) is 0 Å². The number of anilines is 4. The van der Waals surface area contributed by atoms with Crippen LogP contribution in [-0.2, 0) is 5.41 Å². The van der Waals surface area contributed by atoms with Gasteiger partial charge in [-0.2, -0.15) is 9.97 Å². The van der Waals surface area contributed by atoms with Gasteiger partial charge in [-0.05, 0) is 60.2 Å². The fraction of sp³-hybridized carbons (Fsp3) is 0.333. The quantitative estimate of drug-likeness (QED) is 0.352. The summed E-state index contributed by atoms with van der Waals surface area (Å²) in [5, 5.41) is 16.1. The molecule has 4 aromatic rings. The maximum Gasteiger partial charge on any atom is 0.335 e. The fourth-order valence-electron chi connectivity index (χ4n) is 4.44. The average Bonchev–Trinajstić information content (AvgIpc) is 3.34. The van der Waals surface area contributed by atoms with Crippen LogP contribution in [0.1, 0.15) is 49.5 Å². The molecule has 1 fully saturated rings. The highest BCUT2D eigenvalue weighted by Crippen LogP contribution is 2.26. The molecule has 3 N–H and O–H groups in total. The van der Waals surface area contributed by atoms with Gasteiger partial charge in [0.25, 0.3) is 0 Å². The van der Waals surface area contributed by atoms with E-state index in [9.17, 15) is 4.79 Å². The molecule has 1 unspecified atom stereocenters. The van der Waals surface area contributed by atoms with Gasteiger partial charge in [0.1, 0.15) is 0 Å². The Morgan fingerprint density at radius 1 is 1.03 bits per heavy atom. The van der Waals surface area contributed by atoms with E-state index < -0.39 is 5.97 Å². The van der Waals surface area contributed by atoms with E-state index in [-0.39, 0.29) is 17.0 Å². The minimum atomic E-state index is -0.957. The molecular formula is C27H31N7O2. The Hall–Kier alpha value is -4.14. The Kier molecular flexibility index (Phi) is 6.22. The van der Waals surface area contributed by atoms with Crippen LogP contribution >= 0.6 is 0 Å². The lowest BCUT2D eigenvalue weighted by atomic mass is 9.87. The summed E-state index contributed by atoms with van der Waals surface area (Å²) >= 11 is 0. The number of aromatic nitrogens is 4. The smallest absolute Gasteiger partial charge is 0.335 e. The number of nitrogens with zero attached hydrogens (tertiary/aromatic N) is 5. The lowest BCUT2D eigenvalue weighted by Gasteiger charge is -2.34. The van der Waals surface area contributed by atoms with Crippen molar-refractivity contribution in [2.24, 2.45) is 0 Å². The number of carboxylic acid groups (broad SMARTS) is 1. The minimum absolute atomic E-state index is 0.132. The van der Waals surface area contributed by atoms with Crippen molar-refractivity contribution in [3.8, 4) is 0 Å². The zero-order chi connectivity index (χ0) is 25.3. The molecule has 1 atom stereocenters. The fourth-order valence-corrected chi connectivity index (χ4v) is 4.44. The second-order valence-corrected chi connectivity index (χ2v) is 10.2. The topological polar surface area (TPSA) is 108 Å². The van der Waals surface area contributed by atoms with Gasteiger partial charge in [-0.25, -0.2) is 9.78 Å². The SMILES string of the molecule is CC(C)(C)c1ccc(NC2CCCN(c3nc(Nc4ccc(C(=O)O)cc4)n4ccnc4n3)C2)cc1. The van der Waals surface area contributed by atoms with Crippen LogP contribution in [0.15, 0.2) is 60.9 Å². The highest BCUT2D eigenvalue weighted by atomic mass is 16.4. The number of rotatable bonds is 6. The third-order valence-electron chi connectivity index (χ3n) is 6.47. The second-order valence-electron chi connectivity index (χ2n) is 10.2. The zero-order valence-electron chi connectivity index (χ0n) is 20.8. The molecule has 3 heterocycles. The van der Waals surface area contributed by atoms with Gasteiger partial charge in [0, 0.05) is 42.9 Å². The molecule has 0 saturated carbocycles. The highest BCUT2D eigenvalue weighted by molar-refractivity contribution is 5.88.